The van der Waals surface area contributed by atoms with Crippen LogP contribution in [0.4, 0.5) is 5.69 Å². The molecule has 0 heterocycles. The van der Waals surface area contributed by atoms with Gasteiger partial charge in [-0.2, -0.15) is 0 Å². The molecule has 37 heavy (non-hydrogen) atoms. The lowest BCUT2D eigenvalue weighted by Crippen LogP contribution is -2.17. The number of carbonyl (C=O) groups is 1. The van der Waals surface area contributed by atoms with Gasteiger partial charge in [-0.25, -0.2) is 13.2 Å². The maximum Gasteiger partial charge on any atom is 0.337 e. The Morgan fingerprint density at radius 2 is 1.43 bits per heavy atom. The molecule has 0 unspecified atom stereocenters. The molecular weight excluding hydrogens is 486 g/mol. The normalized spacial score (nSPS) is 11.3. The molecule has 0 aromatic heterocycles. The van der Waals surface area contributed by atoms with E-state index >= 15 is 0 Å². The number of hydrogen-bond acceptors (Lipinski definition) is 5. The van der Waals surface area contributed by atoms with Crippen LogP contribution in [-0.2, 0) is 22.7 Å². The van der Waals surface area contributed by atoms with Gasteiger partial charge in [0, 0.05) is 5.69 Å². The summed E-state index contributed by atoms with van der Waals surface area (Å²) in [6, 6.07) is 24.1. The van der Waals surface area contributed by atoms with Crippen molar-refractivity contribution >= 4 is 21.5 Å². The second kappa shape index (κ2) is 10.5. The fraction of sp³-hybridized carbons (Fsp3) is 0.167. The molecule has 0 amide bonds. The predicted octanol–water partition coefficient (Wildman–Crippen LogP) is 5.88. The number of nitrogens with two attached hydrogens (primary N) is 1. The van der Waals surface area contributed by atoms with E-state index in [1.54, 1.807) is 13.8 Å². The topological polar surface area (TPSA) is 107 Å². The van der Waals surface area contributed by atoms with Crippen molar-refractivity contribution in [3.05, 3.63) is 107 Å². The maximum atomic E-state index is 13.6. The maximum absolute atomic E-state index is 13.6. The summed E-state index contributed by atoms with van der Waals surface area (Å²) in [6.45, 7) is 3.19. The fourth-order valence-electron chi connectivity index (χ4n) is 4.61. The third-order valence-electron chi connectivity index (χ3n) is 6.70. The number of aryl methyl sites for hydroxylation is 1. The van der Waals surface area contributed by atoms with Gasteiger partial charge in [-0.3, -0.25) is 0 Å². The molecule has 0 aliphatic heterocycles. The number of methoxy groups -OCH3 is 1. The quantitative estimate of drug-likeness (QED) is 0.284. The molecule has 190 valence electrons. The molecule has 0 aliphatic rings. The number of nitrogen functional groups attached to an aromatic ring is 1. The molecule has 0 fully saturated rings. The Morgan fingerprint density at radius 3 is 2.00 bits per heavy atom. The Kier molecular flexibility index (Phi) is 7.36. The van der Waals surface area contributed by atoms with Crippen molar-refractivity contribution in [2.75, 3.05) is 12.8 Å². The van der Waals surface area contributed by atoms with E-state index in [-0.39, 0.29) is 20.9 Å². The van der Waals surface area contributed by atoms with Gasteiger partial charge in [0.15, 0.2) is 0 Å². The van der Waals surface area contributed by atoms with Gasteiger partial charge < -0.3 is 15.6 Å². The summed E-state index contributed by atoms with van der Waals surface area (Å²) in [5.74, 6) is -0.807. The van der Waals surface area contributed by atoms with Gasteiger partial charge in [-0.1, -0.05) is 54.6 Å². The van der Waals surface area contributed by atoms with Crippen LogP contribution in [0.15, 0.2) is 88.7 Å². The van der Waals surface area contributed by atoms with Crippen molar-refractivity contribution in [2.24, 2.45) is 0 Å². The summed E-state index contributed by atoms with van der Waals surface area (Å²) in [5.41, 5.74) is 11.1. The first kappa shape index (κ1) is 26.0. The van der Waals surface area contributed by atoms with Gasteiger partial charge in [0.25, 0.3) is 0 Å². The van der Waals surface area contributed by atoms with E-state index in [1.807, 2.05) is 30.3 Å². The van der Waals surface area contributed by atoms with Crippen LogP contribution in [-0.4, -0.2) is 26.6 Å². The van der Waals surface area contributed by atoms with Crippen LogP contribution in [0.5, 0.6) is 5.75 Å². The van der Waals surface area contributed by atoms with Gasteiger partial charge in [0.1, 0.15) is 5.75 Å². The number of ether oxygens (including phenoxy) is 1. The third kappa shape index (κ3) is 5.08. The number of sulfone groups is 1. The molecule has 7 heteroatoms. The largest absolute Gasteiger partial charge is 0.497 e. The minimum Gasteiger partial charge on any atom is -0.497 e. The summed E-state index contributed by atoms with van der Waals surface area (Å²) in [6.07, 6.45) is 1.11. The Bertz CT molecular complexity index is 1540. The van der Waals surface area contributed by atoms with Gasteiger partial charge in [-0.05, 0) is 84.3 Å². The van der Waals surface area contributed by atoms with Crippen molar-refractivity contribution in [3.8, 4) is 16.9 Å². The van der Waals surface area contributed by atoms with E-state index < -0.39 is 15.8 Å². The molecule has 0 bridgehead atoms. The van der Waals surface area contributed by atoms with Crippen LogP contribution < -0.4 is 10.5 Å². The van der Waals surface area contributed by atoms with Gasteiger partial charge in [0.2, 0.25) is 9.84 Å². The van der Waals surface area contributed by atoms with Gasteiger partial charge >= 0.3 is 5.97 Å². The number of carboxylic acid groups (broad SMARTS) is 1. The molecule has 0 saturated heterocycles. The zero-order valence-electron chi connectivity index (χ0n) is 21.0. The van der Waals surface area contributed by atoms with Gasteiger partial charge in [-0.15, -0.1) is 0 Å². The summed E-state index contributed by atoms with van der Waals surface area (Å²) >= 11 is 0. The summed E-state index contributed by atoms with van der Waals surface area (Å²) in [4.78, 5) is 12.1. The van der Waals surface area contributed by atoms with Crippen LogP contribution >= 0.6 is 0 Å². The summed E-state index contributed by atoms with van der Waals surface area (Å²) < 4.78 is 32.2. The van der Waals surface area contributed by atoms with E-state index in [2.05, 4.69) is 24.3 Å². The smallest absolute Gasteiger partial charge is 0.337 e. The standard InChI is InChI=1S/C30H29NO5S/c1-19-26(18-11-21-9-12-23(13-10-21)22-7-5-4-6-8-22)28(31)20(2)29(27(19)30(32)33)37(34,35)25-16-14-24(36-3)15-17-25/h4-10,12-17H,11,18,31H2,1-3H3,(H,32,33). The van der Waals surface area contributed by atoms with Crippen molar-refractivity contribution in [2.45, 2.75) is 36.5 Å². The lowest BCUT2D eigenvalue weighted by Gasteiger charge is -2.20. The van der Waals surface area contributed by atoms with Crippen molar-refractivity contribution in [1.29, 1.82) is 0 Å². The fourth-order valence-corrected chi connectivity index (χ4v) is 6.36. The highest BCUT2D eigenvalue weighted by Gasteiger charge is 2.31. The average Bonchev–Trinajstić information content (AvgIpc) is 2.91. The number of anilines is 1. The third-order valence-corrected chi connectivity index (χ3v) is 8.64. The van der Waals surface area contributed by atoms with Crippen LogP contribution in [0.25, 0.3) is 11.1 Å². The Morgan fingerprint density at radius 1 is 0.838 bits per heavy atom. The number of rotatable bonds is 8. The van der Waals surface area contributed by atoms with E-state index in [0.29, 0.717) is 35.4 Å². The first-order chi connectivity index (χ1) is 17.6. The lowest BCUT2D eigenvalue weighted by molar-refractivity contribution is 0.0691. The second-order valence-electron chi connectivity index (χ2n) is 8.89. The van der Waals surface area contributed by atoms with Crippen LogP contribution in [0, 0.1) is 13.8 Å². The Labute approximate surface area is 217 Å². The lowest BCUT2D eigenvalue weighted by atomic mass is 9.92. The van der Waals surface area contributed by atoms with Crippen LogP contribution in [0.3, 0.4) is 0 Å². The molecule has 4 aromatic carbocycles. The second-order valence-corrected chi connectivity index (χ2v) is 10.8. The number of hydrogen-bond donors (Lipinski definition) is 2. The first-order valence-electron chi connectivity index (χ1n) is 11.8. The number of carboxylic acids is 1. The SMILES string of the molecule is COc1ccc(S(=O)(=O)c2c(C)c(N)c(CCc3ccc(-c4ccccc4)cc3)c(C)c2C(=O)O)cc1. The van der Waals surface area contributed by atoms with Crippen molar-refractivity contribution in [3.63, 3.8) is 0 Å². The zero-order chi connectivity index (χ0) is 26.7. The molecule has 0 aliphatic carbocycles. The highest BCUT2D eigenvalue weighted by atomic mass is 32.2. The highest BCUT2D eigenvalue weighted by molar-refractivity contribution is 7.91. The van der Waals surface area contributed by atoms with Crippen molar-refractivity contribution in [1.82, 2.24) is 0 Å². The van der Waals surface area contributed by atoms with E-state index in [4.69, 9.17) is 10.5 Å². The van der Waals surface area contributed by atoms with Crippen LogP contribution in [0.2, 0.25) is 0 Å². The van der Waals surface area contributed by atoms with Crippen LogP contribution in [0.1, 0.15) is 32.6 Å². The van der Waals surface area contributed by atoms with E-state index in [1.165, 1.54) is 31.4 Å². The zero-order valence-corrected chi connectivity index (χ0v) is 21.8. The number of aromatic carboxylic acids is 1. The van der Waals surface area contributed by atoms with Crippen molar-refractivity contribution < 1.29 is 23.1 Å². The molecule has 0 spiro atoms. The minimum absolute atomic E-state index is 0.0241. The summed E-state index contributed by atoms with van der Waals surface area (Å²) in [5, 5.41) is 10.1. The molecule has 0 radical (unpaired) electrons. The van der Waals surface area contributed by atoms with Gasteiger partial charge in [0.05, 0.1) is 22.5 Å². The van der Waals surface area contributed by atoms with E-state index in [9.17, 15) is 18.3 Å². The summed E-state index contributed by atoms with van der Waals surface area (Å²) in [7, 11) is -2.66. The Balaban J connectivity index is 1.70. The molecular formula is C30H29NO5S. The Hall–Kier alpha value is -4.10. The first-order valence-corrected chi connectivity index (χ1v) is 13.3. The number of benzene rings is 4. The molecule has 0 saturated carbocycles. The highest BCUT2D eigenvalue weighted by Crippen LogP contribution is 2.37. The minimum atomic E-state index is -4.15. The molecule has 4 rings (SSSR count). The molecule has 3 N–H and O–H groups in total. The predicted molar refractivity (Wildman–Crippen MR) is 145 cm³/mol. The monoisotopic (exact) mass is 515 g/mol. The van der Waals surface area contributed by atoms with E-state index in [0.717, 1.165) is 16.7 Å². The molecule has 0 atom stereocenters. The molecule has 4 aromatic rings. The average molecular weight is 516 g/mol. The molecule has 6 nitrogen and oxygen atoms in total.